The predicted octanol–water partition coefficient (Wildman–Crippen LogP) is 4.44. The number of pyridine rings is 1. The maximum Gasteiger partial charge on any atom is 0.130 e. The van der Waals surface area contributed by atoms with Gasteiger partial charge < -0.3 is 14.7 Å². The number of rotatable bonds is 9. The molecule has 0 bridgehead atoms. The first kappa shape index (κ1) is 18.9. The van der Waals surface area contributed by atoms with Gasteiger partial charge in [0.1, 0.15) is 12.4 Å². The number of para-hydroxylation sites is 1. The zero-order valence-electron chi connectivity index (χ0n) is 15.7. The molecule has 1 aromatic heterocycles. The van der Waals surface area contributed by atoms with Crippen LogP contribution in [0.2, 0.25) is 0 Å². The molecule has 2 aromatic carbocycles. The summed E-state index contributed by atoms with van der Waals surface area (Å²) in [4.78, 5) is 6.47. The van der Waals surface area contributed by atoms with Crippen molar-refractivity contribution in [1.82, 2.24) is 4.98 Å². The van der Waals surface area contributed by atoms with Gasteiger partial charge in [-0.1, -0.05) is 43.3 Å². The molecule has 4 nitrogen and oxygen atoms in total. The summed E-state index contributed by atoms with van der Waals surface area (Å²) in [5.41, 5.74) is 3.19. The van der Waals surface area contributed by atoms with Crippen LogP contribution in [0.15, 0.2) is 79.0 Å². The Kier molecular flexibility index (Phi) is 6.83. The Hall–Kier alpha value is -2.85. The number of aromatic nitrogens is 1. The highest BCUT2D eigenvalue weighted by Crippen LogP contribution is 2.20. The Bertz CT molecular complexity index is 792. The molecule has 3 aromatic rings. The molecule has 0 spiro atoms. The van der Waals surface area contributed by atoms with Gasteiger partial charge in [0, 0.05) is 25.0 Å². The summed E-state index contributed by atoms with van der Waals surface area (Å²) in [6, 6.07) is 24.1. The van der Waals surface area contributed by atoms with Crippen LogP contribution < -0.4 is 9.64 Å². The van der Waals surface area contributed by atoms with Gasteiger partial charge in [0.05, 0.1) is 11.8 Å². The van der Waals surface area contributed by atoms with E-state index in [2.05, 4.69) is 34.1 Å². The largest absolute Gasteiger partial charge is 0.487 e. The normalized spacial score (nSPS) is 11.8. The summed E-state index contributed by atoms with van der Waals surface area (Å²) in [5.74, 6) is 0.823. The average molecular weight is 362 g/mol. The second-order valence-corrected chi connectivity index (χ2v) is 6.53. The third kappa shape index (κ3) is 5.83. The molecule has 140 valence electrons. The number of hydrogen-bond acceptors (Lipinski definition) is 4. The zero-order chi connectivity index (χ0) is 18.9. The standard InChI is InChI=1S/C23H26N2O2/c1-2-22(26)17-25(21-9-4-3-5-10-21)16-19-11-13-23(14-12-19)27-18-20-8-6-7-15-24-20/h3-15,22,26H,2,16-18H2,1H3. The van der Waals surface area contributed by atoms with Crippen LogP contribution in [0.25, 0.3) is 0 Å². The van der Waals surface area contributed by atoms with Crippen LogP contribution in [0.3, 0.4) is 0 Å². The van der Waals surface area contributed by atoms with E-state index in [1.165, 1.54) is 5.56 Å². The third-order valence-electron chi connectivity index (χ3n) is 4.43. The molecular formula is C23H26N2O2. The molecule has 0 amide bonds. The van der Waals surface area contributed by atoms with Gasteiger partial charge in [-0.05, 0) is 48.4 Å². The number of anilines is 1. The van der Waals surface area contributed by atoms with Crippen molar-refractivity contribution in [2.45, 2.75) is 32.6 Å². The minimum atomic E-state index is -0.341. The van der Waals surface area contributed by atoms with Crippen LogP contribution >= 0.6 is 0 Å². The molecule has 4 heteroatoms. The van der Waals surface area contributed by atoms with Crippen LogP contribution in [-0.4, -0.2) is 22.7 Å². The SMILES string of the molecule is CCC(O)CN(Cc1ccc(OCc2ccccn2)cc1)c1ccccc1. The lowest BCUT2D eigenvalue weighted by molar-refractivity contribution is 0.175. The lowest BCUT2D eigenvalue weighted by Crippen LogP contribution is -2.31. The van der Waals surface area contributed by atoms with Gasteiger partial charge in [0.2, 0.25) is 0 Å². The Morgan fingerprint density at radius 2 is 1.70 bits per heavy atom. The molecule has 27 heavy (non-hydrogen) atoms. The number of benzene rings is 2. The molecule has 0 radical (unpaired) electrons. The first-order valence-corrected chi connectivity index (χ1v) is 9.34. The van der Waals surface area contributed by atoms with E-state index >= 15 is 0 Å². The van der Waals surface area contributed by atoms with Crippen LogP contribution in [0.4, 0.5) is 5.69 Å². The second-order valence-electron chi connectivity index (χ2n) is 6.53. The highest BCUT2D eigenvalue weighted by atomic mass is 16.5. The van der Waals surface area contributed by atoms with E-state index in [1.807, 2.05) is 55.5 Å². The fourth-order valence-electron chi connectivity index (χ4n) is 2.84. The summed E-state index contributed by atoms with van der Waals surface area (Å²) in [6.45, 7) is 3.81. The van der Waals surface area contributed by atoms with E-state index in [1.54, 1.807) is 6.20 Å². The molecule has 0 saturated carbocycles. The lowest BCUT2D eigenvalue weighted by atomic mass is 10.1. The van der Waals surface area contributed by atoms with Crippen molar-refractivity contribution in [2.24, 2.45) is 0 Å². The highest BCUT2D eigenvalue weighted by molar-refractivity contribution is 5.47. The molecule has 1 atom stereocenters. The van der Waals surface area contributed by atoms with E-state index in [0.717, 1.165) is 30.1 Å². The van der Waals surface area contributed by atoms with Crippen molar-refractivity contribution >= 4 is 5.69 Å². The van der Waals surface area contributed by atoms with Crippen molar-refractivity contribution < 1.29 is 9.84 Å². The van der Waals surface area contributed by atoms with E-state index in [0.29, 0.717) is 13.2 Å². The van der Waals surface area contributed by atoms with Gasteiger partial charge in [-0.3, -0.25) is 4.98 Å². The number of ether oxygens (including phenoxy) is 1. The molecule has 0 fully saturated rings. The summed E-state index contributed by atoms with van der Waals surface area (Å²) in [5, 5.41) is 10.1. The Labute approximate surface area is 161 Å². The fourth-order valence-corrected chi connectivity index (χ4v) is 2.84. The summed E-state index contributed by atoms with van der Waals surface area (Å²) < 4.78 is 5.80. The molecule has 1 unspecified atom stereocenters. The highest BCUT2D eigenvalue weighted by Gasteiger charge is 2.12. The minimum Gasteiger partial charge on any atom is -0.487 e. The van der Waals surface area contributed by atoms with Gasteiger partial charge in [0.25, 0.3) is 0 Å². The van der Waals surface area contributed by atoms with Crippen molar-refractivity contribution in [3.05, 3.63) is 90.3 Å². The van der Waals surface area contributed by atoms with Crippen LogP contribution in [0.5, 0.6) is 5.75 Å². The first-order valence-electron chi connectivity index (χ1n) is 9.34. The maximum absolute atomic E-state index is 10.1. The quantitative estimate of drug-likeness (QED) is 0.611. The van der Waals surface area contributed by atoms with Gasteiger partial charge in [0.15, 0.2) is 0 Å². The molecule has 0 saturated heterocycles. The molecule has 1 N–H and O–H groups in total. The van der Waals surface area contributed by atoms with Gasteiger partial charge in [-0.15, -0.1) is 0 Å². The number of aliphatic hydroxyl groups excluding tert-OH is 1. The smallest absolute Gasteiger partial charge is 0.130 e. The summed E-state index contributed by atoms with van der Waals surface area (Å²) in [6.07, 6.45) is 2.17. The zero-order valence-corrected chi connectivity index (χ0v) is 15.7. The van der Waals surface area contributed by atoms with Gasteiger partial charge in [-0.25, -0.2) is 0 Å². The molecule has 0 aliphatic carbocycles. The fraction of sp³-hybridized carbons (Fsp3) is 0.261. The minimum absolute atomic E-state index is 0.341. The Morgan fingerprint density at radius 3 is 2.37 bits per heavy atom. The number of hydrogen-bond donors (Lipinski definition) is 1. The van der Waals surface area contributed by atoms with Crippen molar-refractivity contribution in [3.63, 3.8) is 0 Å². The van der Waals surface area contributed by atoms with Crippen LogP contribution in [-0.2, 0) is 13.2 Å². The Balaban J connectivity index is 1.63. The number of nitrogens with zero attached hydrogens (tertiary/aromatic N) is 2. The van der Waals surface area contributed by atoms with Gasteiger partial charge in [-0.2, -0.15) is 0 Å². The van der Waals surface area contributed by atoms with E-state index < -0.39 is 0 Å². The van der Waals surface area contributed by atoms with Crippen molar-refractivity contribution in [1.29, 1.82) is 0 Å². The van der Waals surface area contributed by atoms with E-state index in [9.17, 15) is 5.11 Å². The van der Waals surface area contributed by atoms with E-state index in [4.69, 9.17) is 4.74 Å². The molecule has 0 aliphatic rings. The first-order chi connectivity index (χ1) is 13.2. The summed E-state index contributed by atoms with van der Waals surface area (Å²) >= 11 is 0. The Morgan fingerprint density at radius 1 is 0.963 bits per heavy atom. The van der Waals surface area contributed by atoms with Crippen LogP contribution in [0, 0.1) is 0 Å². The van der Waals surface area contributed by atoms with Crippen molar-refractivity contribution in [2.75, 3.05) is 11.4 Å². The second kappa shape index (κ2) is 9.74. The lowest BCUT2D eigenvalue weighted by Gasteiger charge is -2.27. The number of aliphatic hydroxyl groups is 1. The van der Waals surface area contributed by atoms with Crippen molar-refractivity contribution in [3.8, 4) is 5.75 Å². The topological polar surface area (TPSA) is 45.6 Å². The monoisotopic (exact) mass is 362 g/mol. The van der Waals surface area contributed by atoms with Crippen LogP contribution in [0.1, 0.15) is 24.6 Å². The average Bonchev–Trinajstić information content (AvgIpc) is 2.74. The molecule has 0 aliphatic heterocycles. The van der Waals surface area contributed by atoms with Gasteiger partial charge >= 0.3 is 0 Å². The van der Waals surface area contributed by atoms with E-state index in [-0.39, 0.29) is 6.10 Å². The predicted molar refractivity (Wildman–Crippen MR) is 109 cm³/mol. The molecule has 1 heterocycles. The third-order valence-corrected chi connectivity index (χ3v) is 4.43. The molecule has 3 rings (SSSR count). The summed E-state index contributed by atoms with van der Waals surface area (Å²) in [7, 11) is 0. The molecular weight excluding hydrogens is 336 g/mol. The maximum atomic E-state index is 10.1.